The minimum atomic E-state index is -1.28. The maximum absolute atomic E-state index is 14.2. The summed E-state index contributed by atoms with van der Waals surface area (Å²) in [5.74, 6) is -0.163. The number of aryl methyl sites for hydroxylation is 1. The smallest absolute Gasteiger partial charge is 0.280 e. The summed E-state index contributed by atoms with van der Waals surface area (Å²) in [6, 6.07) is 18.9. The number of nitrogens with zero attached hydrogens (tertiary/aromatic N) is 7. The number of carbonyl (C=O) groups is 2. The fourth-order valence-corrected chi connectivity index (χ4v) is 8.28. The van der Waals surface area contributed by atoms with Gasteiger partial charge < -0.3 is 30.3 Å². The van der Waals surface area contributed by atoms with Gasteiger partial charge in [0.2, 0.25) is 11.8 Å². The Morgan fingerprint density at radius 2 is 1.75 bits per heavy atom. The van der Waals surface area contributed by atoms with Crippen molar-refractivity contribution in [2.75, 3.05) is 50.9 Å². The molecule has 2 aliphatic heterocycles. The lowest BCUT2D eigenvalue weighted by atomic mass is 9.79. The molecule has 7 rings (SSSR count). The van der Waals surface area contributed by atoms with Crippen molar-refractivity contribution >= 4 is 34.7 Å². The molecule has 2 aliphatic rings. The highest BCUT2D eigenvalue weighted by molar-refractivity contribution is 7.17. The Morgan fingerprint density at radius 1 is 1.02 bits per heavy atom. The number of amides is 2. The van der Waals surface area contributed by atoms with Gasteiger partial charge in [0.1, 0.15) is 33.6 Å². The van der Waals surface area contributed by atoms with Gasteiger partial charge in [-0.2, -0.15) is 0 Å². The molecule has 286 valence electrons. The molecule has 0 aliphatic carbocycles. The van der Waals surface area contributed by atoms with E-state index in [0.717, 1.165) is 22.0 Å². The molecule has 0 spiro atoms. The third-order valence-corrected chi connectivity index (χ3v) is 11.6. The van der Waals surface area contributed by atoms with Crippen LogP contribution >= 0.6 is 11.3 Å². The van der Waals surface area contributed by atoms with E-state index in [0.29, 0.717) is 43.2 Å². The topological polar surface area (TPSA) is 160 Å². The summed E-state index contributed by atoms with van der Waals surface area (Å²) in [6.07, 6.45) is 4.00. The van der Waals surface area contributed by atoms with E-state index >= 15 is 0 Å². The van der Waals surface area contributed by atoms with E-state index in [4.69, 9.17) is 15.5 Å². The van der Waals surface area contributed by atoms with E-state index in [1.807, 2.05) is 73.3 Å². The number of ether oxygens (including phenoxy) is 1. The van der Waals surface area contributed by atoms with Gasteiger partial charge in [-0.1, -0.05) is 30.3 Å². The normalized spacial score (nSPS) is 18.2. The van der Waals surface area contributed by atoms with E-state index in [1.54, 1.807) is 11.1 Å². The summed E-state index contributed by atoms with van der Waals surface area (Å²) in [7, 11) is 3.85. The van der Waals surface area contributed by atoms with Crippen LogP contribution in [-0.2, 0) is 11.3 Å². The average molecular weight is 767 g/mol. The molecule has 0 saturated carbocycles. The number of rotatable bonds is 9. The molecule has 2 aromatic carbocycles. The molecule has 5 aromatic rings. The molecule has 55 heavy (non-hydrogen) atoms. The Morgan fingerprint density at radius 3 is 2.42 bits per heavy atom. The van der Waals surface area contributed by atoms with Crippen LogP contribution in [0.4, 0.5) is 15.9 Å². The van der Waals surface area contributed by atoms with Gasteiger partial charge in [0, 0.05) is 63.9 Å². The number of pyridine rings is 1. The van der Waals surface area contributed by atoms with Crippen LogP contribution in [0, 0.1) is 18.7 Å². The predicted octanol–water partition coefficient (Wildman–Crippen LogP) is 4.95. The van der Waals surface area contributed by atoms with Gasteiger partial charge in [-0.05, 0) is 68.1 Å². The zero-order valence-electron chi connectivity index (χ0n) is 30.9. The summed E-state index contributed by atoms with van der Waals surface area (Å²) in [6.45, 7) is 3.17. The first-order valence-corrected chi connectivity index (χ1v) is 19.0. The molecular formula is C40H43FN8O5S. The number of thiazole rings is 1. The number of anilines is 2. The number of aliphatic hydroxyl groups is 1. The first kappa shape index (κ1) is 37.6. The molecule has 2 fully saturated rings. The molecule has 0 unspecified atom stereocenters. The fourth-order valence-electron chi connectivity index (χ4n) is 7.26. The Bertz CT molecular complexity index is 2220. The van der Waals surface area contributed by atoms with Gasteiger partial charge >= 0.3 is 0 Å². The van der Waals surface area contributed by atoms with Crippen LogP contribution in [0.2, 0.25) is 0 Å². The fraction of sp³-hybridized carbons (Fsp3) is 0.350. The molecule has 13 nitrogen and oxygen atoms in total. The highest BCUT2D eigenvalue weighted by Crippen LogP contribution is 2.37. The Hall–Kier alpha value is -5.67. The van der Waals surface area contributed by atoms with Gasteiger partial charge in [0.15, 0.2) is 5.69 Å². The van der Waals surface area contributed by atoms with Gasteiger partial charge in [-0.15, -0.1) is 11.3 Å². The number of benzene rings is 2. The number of carbonyl (C=O) groups excluding carboxylic acids is 2. The Balaban J connectivity index is 1.01. The van der Waals surface area contributed by atoms with Crippen LogP contribution in [0.15, 0.2) is 84.0 Å². The van der Waals surface area contributed by atoms with E-state index in [2.05, 4.69) is 9.97 Å². The third kappa shape index (κ3) is 8.08. The standard InChI is InChI=1S/C40H43FN8O5S/c1-25-34(55-36(45-25)27-9-14-32(43-21-27)46(2)3)39(52)48-18-15-30(31(22-48)26-7-5-4-6-8-26)37(50)47-19-16-40(53,17-20-47)23-49-24-44-35(33(42)38(49)51)54-29-12-10-28(41)11-13-29/h4-14,21,24,30-31,53H,15-20,22-23,42H2,1-3H3/t30-,31+/m1/s1. The monoisotopic (exact) mass is 766 g/mol. The van der Waals surface area contributed by atoms with Gasteiger partial charge in [-0.25, -0.2) is 19.3 Å². The number of likely N-dealkylation sites (tertiary alicyclic amines) is 2. The molecule has 2 atom stereocenters. The van der Waals surface area contributed by atoms with Crippen molar-refractivity contribution < 1.29 is 23.8 Å². The van der Waals surface area contributed by atoms with Gasteiger partial charge in [0.05, 0.1) is 17.8 Å². The molecule has 0 radical (unpaired) electrons. The predicted molar refractivity (Wildman–Crippen MR) is 208 cm³/mol. The van der Waals surface area contributed by atoms with Crippen molar-refractivity contribution in [3.63, 3.8) is 0 Å². The maximum Gasteiger partial charge on any atom is 0.280 e. The van der Waals surface area contributed by atoms with Gasteiger partial charge in [0.25, 0.3) is 11.5 Å². The number of nitrogens with two attached hydrogens (primary N) is 1. The summed E-state index contributed by atoms with van der Waals surface area (Å²) in [5, 5.41) is 12.3. The number of nitrogen functional groups attached to an aromatic ring is 1. The first-order chi connectivity index (χ1) is 26.4. The second-order valence-electron chi connectivity index (χ2n) is 14.4. The molecule has 2 amide bonds. The Labute approximate surface area is 321 Å². The molecule has 3 aromatic heterocycles. The van der Waals surface area contributed by atoms with Crippen LogP contribution in [0.25, 0.3) is 10.6 Å². The summed E-state index contributed by atoms with van der Waals surface area (Å²) < 4.78 is 20.1. The second kappa shape index (κ2) is 15.6. The van der Waals surface area contributed by atoms with Gasteiger partial charge in [-0.3, -0.25) is 19.0 Å². The molecule has 2 saturated heterocycles. The van der Waals surface area contributed by atoms with Crippen LogP contribution in [0.1, 0.15) is 46.1 Å². The highest BCUT2D eigenvalue weighted by Gasteiger charge is 2.42. The van der Waals surface area contributed by atoms with E-state index < -0.39 is 17.0 Å². The maximum atomic E-state index is 14.2. The third-order valence-electron chi connectivity index (χ3n) is 10.4. The summed E-state index contributed by atoms with van der Waals surface area (Å²) in [4.78, 5) is 60.9. The molecule has 0 bridgehead atoms. The second-order valence-corrected chi connectivity index (χ2v) is 15.4. The molecule has 3 N–H and O–H groups in total. The van der Waals surface area contributed by atoms with Crippen molar-refractivity contribution in [2.45, 2.75) is 44.2 Å². The molecule has 5 heterocycles. The van der Waals surface area contributed by atoms with Crippen molar-refractivity contribution in [2.24, 2.45) is 5.92 Å². The minimum absolute atomic E-state index is 0.0155. The van der Waals surface area contributed by atoms with Crippen LogP contribution in [-0.4, -0.2) is 92.1 Å². The van der Waals surface area contributed by atoms with Crippen LogP contribution in [0.3, 0.4) is 0 Å². The first-order valence-electron chi connectivity index (χ1n) is 18.1. The number of aromatic nitrogens is 4. The number of hydrogen-bond acceptors (Lipinski definition) is 11. The lowest BCUT2D eigenvalue weighted by Crippen LogP contribution is -2.53. The van der Waals surface area contributed by atoms with Crippen molar-refractivity contribution in [3.05, 3.63) is 112 Å². The number of hydrogen-bond donors (Lipinski definition) is 2. The van der Waals surface area contributed by atoms with E-state index in [9.17, 15) is 23.9 Å². The highest BCUT2D eigenvalue weighted by atomic mass is 32.1. The van der Waals surface area contributed by atoms with Crippen molar-refractivity contribution in [1.82, 2.24) is 29.3 Å². The van der Waals surface area contributed by atoms with Crippen LogP contribution in [0.5, 0.6) is 11.6 Å². The van der Waals surface area contributed by atoms with E-state index in [-0.39, 0.29) is 60.4 Å². The molecule has 15 heteroatoms. The molecular weight excluding hydrogens is 724 g/mol. The largest absolute Gasteiger partial charge is 0.437 e. The van der Waals surface area contributed by atoms with Crippen LogP contribution < -0.4 is 20.9 Å². The quantitative estimate of drug-likeness (QED) is 0.210. The zero-order valence-corrected chi connectivity index (χ0v) is 31.7. The zero-order chi connectivity index (χ0) is 38.9. The SMILES string of the molecule is Cc1nc(-c2ccc(N(C)C)nc2)sc1C(=O)N1CC[C@@H](C(=O)N2CCC(O)(Cn3cnc(Oc4ccc(F)cc4)c(N)c3=O)CC2)[C@H](c2ccccc2)C1. The Kier molecular flexibility index (Phi) is 10.7. The van der Waals surface area contributed by atoms with Crippen molar-refractivity contribution in [3.8, 4) is 22.2 Å². The number of halogens is 1. The lowest BCUT2D eigenvalue weighted by molar-refractivity contribution is -0.142. The van der Waals surface area contributed by atoms with Crippen molar-refractivity contribution in [1.29, 1.82) is 0 Å². The minimum Gasteiger partial charge on any atom is -0.437 e. The average Bonchev–Trinajstić information content (AvgIpc) is 3.59. The summed E-state index contributed by atoms with van der Waals surface area (Å²) >= 11 is 1.35. The number of piperidine rings is 2. The van der Waals surface area contributed by atoms with E-state index in [1.165, 1.54) is 46.5 Å². The summed E-state index contributed by atoms with van der Waals surface area (Å²) in [5.41, 5.74) is 6.45. The lowest BCUT2D eigenvalue weighted by Gasteiger charge is -2.43.